The molecule has 0 aromatic carbocycles. The van der Waals surface area contributed by atoms with Crippen LogP contribution in [0.2, 0.25) is 0 Å². The summed E-state index contributed by atoms with van der Waals surface area (Å²) in [5, 5.41) is 0. The van der Waals surface area contributed by atoms with Gasteiger partial charge in [-0.1, -0.05) is 12.2 Å². The van der Waals surface area contributed by atoms with Gasteiger partial charge in [0.2, 0.25) is 0 Å². The van der Waals surface area contributed by atoms with E-state index in [1.807, 2.05) is 0 Å². The Labute approximate surface area is 75.4 Å². The summed E-state index contributed by atoms with van der Waals surface area (Å²) in [5.74, 6) is 0.831. The summed E-state index contributed by atoms with van der Waals surface area (Å²) in [7, 11) is 0. The average molecular weight is 165 g/mol. The van der Waals surface area contributed by atoms with Crippen molar-refractivity contribution in [3.05, 3.63) is 12.2 Å². The molecule has 1 fully saturated rings. The van der Waals surface area contributed by atoms with Crippen molar-refractivity contribution in [1.29, 1.82) is 0 Å². The van der Waals surface area contributed by atoms with E-state index in [1.54, 1.807) is 0 Å². The molecule has 3 atom stereocenters. The first-order valence-corrected chi connectivity index (χ1v) is 5.16. The van der Waals surface area contributed by atoms with Crippen LogP contribution in [0.1, 0.15) is 33.6 Å². The molecule has 2 bridgehead atoms. The smallest absolute Gasteiger partial charge is 0.0284 e. The molecule has 0 N–H and O–H groups in total. The van der Waals surface area contributed by atoms with E-state index in [2.05, 4.69) is 37.8 Å². The van der Waals surface area contributed by atoms with Gasteiger partial charge in [0.25, 0.3) is 0 Å². The van der Waals surface area contributed by atoms with Crippen LogP contribution in [0.4, 0.5) is 0 Å². The van der Waals surface area contributed by atoms with E-state index >= 15 is 0 Å². The van der Waals surface area contributed by atoms with Crippen LogP contribution in [0.25, 0.3) is 0 Å². The van der Waals surface area contributed by atoms with Crippen molar-refractivity contribution in [1.82, 2.24) is 4.90 Å². The molecule has 0 aromatic heterocycles. The van der Waals surface area contributed by atoms with Crippen LogP contribution in [0, 0.1) is 5.92 Å². The minimum absolute atomic E-state index is 0.706. The van der Waals surface area contributed by atoms with Gasteiger partial charge in [-0.05, 0) is 39.5 Å². The molecule has 3 rings (SSSR count). The average Bonchev–Trinajstić information content (AvgIpc) is 2.05. The minimum atomic E-state index is 0.706. The molecule has 0 saturated carbocycles. The second kappa shape index (κ2) is 2.88. The predicted octanol–water partition coefficient (Wildman–Crippen LogP) is 2.43. The highest BCUT2D eigenvalue weighted by molar-refractivity contribution is 5.12. The van der Waals surface area contributed by atoms with Crippen LogP contribution in [-0.4, -0.2) is 23.0 Å². The summed E-state index contributed by atoms with van der Waals surface area (Å²) in [6.45, 7) is 7.00. The lowest BCUT2D eigenvalue weighted by molar-refractivity contribution is 0.0463. The van der Waals surface area contributed by atoms with Crippen molar-refractivity contribution < 1.29 is 0 Å². The first-order valence-electron chi connectivity index (χ1n) is 5.16. The Balaban J connectivity index is 2.21. The Bertz CT molecular complexity index is 195. The highest BCUT2D eigenvalue weighted by atomic mass is 15.2. The molecule has 0 aromatic rings. The van der Waals surface area contributed by atoms with E-state index in [4.69, 9.17) is 0 Å². The molecule has 2 aliphatic heterocycles. The van der Waals surface area contributed by atoms with E-state index in [-0.39, 0.29) is 0 Å². The third kappa shape index (κ3) is 1.11. The summed E-state index contributed by atoms with van der Waals surface area (Å²) < 4.78 is 0. The van der Waals surface area contributed by atoms with Crippen molar-refractivity contribution >= 4 is 0 Å². The molecule has 3 aliphatic rings. The van der Waals surface area contributed by atoms with E-state index in [0.717, 1.165) is 18.0 Å². The maximum Gasteiger partial charge on any atom is 0.0284 e. The molecule has 2 heterocycles. The number of fused-ring (bicyclic) bond motifs is 2. The maximum absolute atomic E-state index is 2.66. The Morgan fingerprint density at radius 2 is 2.00 bits per heavy atom. The molecular weight excluding hydrogens is 146 g/mol. The van der Waals surface area contributed by atoms with Crippen molar-refractivity contribution in [3.63, 3.8) is 0 Å². The summed E-state index contributed by atoms with van der Waals surface area (Å²) in [6, 6.07) is 2.22. The van der Waals surface area contributed by atoms with Gasteiger partial charge in [-0.25, -0.2) is 0 Å². The largest absolute Gasteiger partial charge is 0.291 e. The molecule has 2 unspecified atom stereocenters. The second-order valence-electron chi connectivity index (χ2n) is 4.48. The Kier molecular flexibility index (Phi) is 1.99. The van der Waals surface area contributed by atoms with E-state index < -0.39 is 0 Å². The summed E-state index contributed by atoms with van der Waals surface area (Å²) in [5.41, 5.74) is 0. The van der Waals surface area contributed by atoms with Gasteiger partial charge in [-0.3, -0.25) is 4.90 Å². The molecular formula is C11H19N. The summed E-state index contributed by atoms with van der Waals surface area (Å²) >= 11 is 0. The van der Waals surface area contributed by atoms with Crippen LogP contribution in [-0.2, 0) is 0 Å². The van der Waals surface area contributed by atoms with Gasteiger partial charge in [-0.15, -0.1) is 0 Å². The number of rotatable bonds is 1. The SMILES string of the molecule is CC(C)N1C2C=CC(CC2)[C@H]1C. The van der Waals surface area contributed by atoms with Crippen molar-refractivity contribution in [3.8, 4) is 0 Å². The monoisotopic (exact) mass is 165 g/mol. The van der Waals surface area contributed by atoms with Crippen molar-refractivity contribution in [2.45, 2.75) is 51.7 Å². The van der Waals surface area contributed by atoms with Crippen molar-refractivity contribution in [2.75, 3.05) is 0 Å². The van der Waals surface area contributed by atoms with E-state index in [1.165, 1.54) is 12.8 Å². The van der Waals surface area contributed by atoms with Crippen LogP contribution in [0.15, 0.2) is 12.2 Å². The Morgan fingerprint density at radius 1 is 1.25 bits per heavy atom. The first kappa shape index (κ1) is 8.31. The fourth-order valence-electron chi connectivity index (χ4n) is 2.85. The second-order valence-corrected chi connectivity index (χ2v) is 4.48. The maximum atomic E-state index is 2.66. The number of piperidine rings is 1. The number of hydrogen-bond donors (Lipinski definition) is 0. The van der Waals surface area contributed by atoms with Gasteiger partial charge in [0.05, 0.1) is 0 Å². The van der Waals surface area contributed by atoms with Gasteiger partial charge in [0, 0.05) is 18.1 Å². The molecule has 1 aliphatic carbocycles. The van der Waals surface area contributed by atoms with Crippen molar-refractivity contribution in [2.24, 2.45) is 5.92 Å². The fraction of sp³-hybridized carbons (Fsp3) is 0.818. The van der Waals surface area contributed by atoms with Crippen LogP contribution in [0.3, 0.4) is 0 Å². The summed E-state index contributed by atoms with van der Waals surface area (Å²) in [4.78, 5) is 2.66. The van der Waals surface area contributed by atoms with E-state index in [0.29, 0.717) is 6.04 Å². The van der Waals surface area contributed by atoms with Crippen LogP contribution in [0.5, 0.6) is 0 Å². The molecule has 0 spiro atoms. The quantitative estimate of drug-likeness (QED) is 0.539. The molecule has 68 valence electrons. The highest BCUT2D eigenvalue weighted by Gasteiger charge is 2.36. The number of hydrogen-bond acceptors (Lipinski definition) is 1. The Hall–Kier alpha value is -0.300. The molecule has 1 nitrogen and oxygen atoms in total. The first-order chi connectivity index (χ1) is 5.70. The lowest BCUT2D eigenvalue weighted by Gasteiger charge is -2.49. The van der Waals surface area contributed by atoms with Gasteiger partial charge in [-0.2, -0.15) is 0 Å². The molecule has 0 amide bonds. The summed E-state index contributed by atoms with van der Waals surface area (Å²) in [6.07, 6.45) is 7.63. The highest BCUT2D eigenvalue weighted by Crippen LogP contribution is 2.35. The zero-order chi connectivity index (χ0) is 8.72. The number of nitrogens with zero attached hydrogens (tertiary/aromatic N) is 1. The minimum Gasteiger partial charge on any atom is -0.291 e. The standard InChI is InChI=1S/C11H19N/c1-8(2)12-9(3)10-4-6-11(12)7-5-10/h4,6,8-11H,5,7H2,1-3H3/t9-,10?,11?/m1/s1. The lowest BCUT2D eigenvalue weighted by atomic mass is 9.80. The third-order valence-electron chi connectivity index (χ3n) is 3.45. The molecule has 1 saturated heterocycles. The zero-order valence-electron chi connectivity index (χ0n) is 8.33. The molecule has 1 heteroatoms. The third-order valence-corrected chi connectivity index (χ3v) is 3.45. The van der Waals surface area contributed by atoms with Gasteiger partial charge in [0.15, 0.2) is 0 Å². The van der Waals surface area contributed by atoms with Gasteiger partial charge >= 0.3 is 0 Å². The van der Waals surface area contributed by atoms with Crippen LogP contribution >= 0.6 is 0 Å². The zero-order valence-corrected chi connectivity index (χ0v) is 8.33. The normalized spacial score (nSPS) is 41.2. The van der Waals surface area contributed by atoms with Gasteiger partial charge < -0.3 is 0 Å². The van der Waals surface area contributed by atoms with Crippen LogP contribution < -0.4 is 0 Å². The molecule has 12 heavy (non-hydrogen) atoms. The van der Waals surface area contributed by atoms with E-state index in [9.17, 15) is 0 Å². The Morgan fingerprint density at radius 3 is 2.33 bits per heavy atom. The van der Waals surface area contributed by atoms with Gasteiger partial charge in [0.1, 0.15) is 0 Å². The lowest BCUT2D eigenvalue weighted by Crippen LogP contribution is -2.54. The predicted molar refractivity (Wildman–Crippen MR) is 52.1 cm³/mol. The fourth-order valence-corrected chi connectivity index (χ4v) is 2.85. The molecule has 0 radical (unpaired) electrons. The topological polar surface area (TPSA) is 3.24 Å².